The molecule has 0 aliphatic rings. The Bertz CT molecular complexity index is 305. The van der Waals surface area contributed by atoms with E-state index < -0.39 is 13.2 Å². The van der Waals surface area contributed by atoms with Gasteiger partial charge in [-0.15, -0.1) is 0 Å². The predicted octanol–water partition coefficient (Wildman–Crippen LogP) is 9.70. The first-order chi connectivity index (χ1) is 14.4. The van der Waals surface area contributed by atoms with Gasteiger partial charge in [-0.25, -0.2) is 0 Å². The molecule has 0 spiro atoms. The van der Waals surface area contributed by atoms with E-state index in [9.17, 15) is 0 Å². The van der Waals surface area contributed by atoms with E-state index in [0.29, 0.717) is 0 Å². The molecule has 0 rings (SSSR count). The van der Waals surface area contributed by atoms with Crippen LogP contribution < -0.4 is 6.15 Å². The van der Waals surface area contributed by atoms with Crippen LogP contribution in [0.3, 0.4) is 0 Å². The number of aliphatic carboxylic acids is 1. The van der Waals surface area contributed by atoms with Crippen molar-refractivity contribution in [2.24, 2.45) is 0 Å². The summed E-state index contributed by atoms with van der Waals surface area (Å²) >= 11 is 0. The molecule has 0 saturated carbocycles. The van der Waals surface area contributed by atoms with Crippen molar-refractivity contribution in [3.05, 3.63) is 0 Å². The molecule has 3 nitrogen and oxygen atoms in total. The van der Waals surface area contributed by atoms with Gasteiger partial charge in [0.05, 0.1) is 0 Å². The molecular weight excluding hydrogens is 401 g/mol. The molecular formula is C27H62NO2P. The monoisotopic (exact) mass is 463 g/mol. The quantitative estimate of drug-likeness (QED) is 0.131. The maximum absolute atomic E-state index is 9.00. The molecule has 0 aromatic carbocycles. The van der Waals surface area contributed by atoms with Crippen molar-refractivity contribution < 1.29 is 9.90 Å². The molecule has 4 N–H and O–H groups in total. The maximum atomic E-state index is 9.00. The summed E-state index contributed by atoms with van der Waals surface area (Å²) in [5.41, 5.74) is 0. The molecule has 192 valence electrons. The summed E-state index contributed by atoms with van der Waals surface area (Å²) in [6.45, 7) is 10.8. The SMILES string of the molecule is CC(=O)O.CCCCCCCC[PH](C)(CCCCCCCC)CCCCCCCC.N. The van der Waals surface area contributed by atoms with Gasteiger partial charge in [0.1, 0.15) is 0 Å². The minimum atomic E-state index is -0.955. The topological polar surface area (TPSA) is 72.3 Å². The van der Waals surface area contributed by atoms with Crippen molar-refractivity contribution in [3.63, 3.8) is 0 Å². The van der Waals surface area contributed by atoms with Gasteiger partial charge in [0.25, 0.3) is 5.97 Å². The normalized spacial score (nSPS) is 11.4. The zero-order valence-corrected chi connectivity index (χ0v) is 23.4. The maximum Gasteiger partial charge on any atom is -0.344 e. The van der Waals surface area contributed by atoms with Crippen LogP contribution in [0.2, 0.25) is 0 Å². The van der Waals surface area contributed by atoms with E-state index in [2.05, 4.69) is 27.4 Å². The smallest absolute Gasteiger partial charge is 0.344 e. The number of unbranched alkanes of at least 4 members (excludes halogenated alkanes) is 15. The van der Waals surface area contributed by atoms with Crippen LogP contribution in [0.5, 0.6) is 0 Å². The van der Waals surface area contributed by atoms with E-state index in [1.165, 1.54) is 116 Å². The summed E-state index contributed by atoms with van der Waals surface area (Å²) in [6, 6.07) is 0. The van der Waals surface area contributed by atoms with Gasteiger partial charge in [-0.2, -0.15) is 0 Å². The Morgan fingerprint density at radius 2 is 0.742 bits per heavy atom. The largest absolute Gasteiger partial charge is 0.344 e. The standard InChI is InChI=1S/C25H55P.C2H4O2.H3N/c1-5-8-11-14-17-20-23-26(4,24-21-18-15-12-9-6-2)25-22-19-16-13-10-7-3;1-2(3)4;/h26H,5-25H2,1-4H3;1H3,(H,3,4);1H3. The fraction of sp³-hybridized carbons (Fsp3) is 0.963. The van der Waals surface area contributed by atoms with Gasteiger partial charge in [0.15, 0.2) is 0 Å². The number of hydrogen-bond acceptors (Lipinski definition) is 2. The van der Waals surface area contributed by atoms with Gasteiger partial charge >= 0.3 is 169 Å². The van der Waals surface area contributed by atoms with Crippen LogP contribution in [0.25, 0.3) is 0 Å². The van der Waals surface area contributed by atoms with Crippen LogP contribution >= 0.6 is 7.26 Å². The molecule has 0 radical (unpaired) electrons. The fourth-order valence-corrected chi connectivity index (χ4v) is 8.43. The summed E-state index contributed by atoms with van der Waals surface area (Å²) in [6.07, 6.45) is 31.4. The summed E-state index contributed by atoms with van der Waals surface area (Å²) in [5.74, 6) is -0.833. The van der Waals surface area contributed by atoms with Crippen molar-refractivity contribution in [1.29, 1.82) is 0 Å². The van der Waals surface area contributed by atoms with E-state index in [1.54, 1.807) is 18.5 Å². The second-order valence-electron chi connectivity index (χ2n) is 9.88. The Kier molecular flexibility index (Phi) is 31.9. The minimum absolute atomic E-state index is 0. The molecule has 4 heteroatoms. The molecule has 0 aromatic rings. The molecule has 0 saturated heterocycles. The molecule has 0 bridgehead atoms. The first-order valence-electron chi connectivity index (χ1n) is 13.6. The second kappa shape index (κ2) is 27.9. The number of rotatable bonds is 21. The Morgan fingerprint density at radius 3 is 0.968 bits per heavy atom. The molecule has 0 aliphatic carbocycles. The van der Waals surface area contributed by atoms with Gasteiger partial charge in [-0.3, -0.25) is 4.79 Å². The zero-order chi connectivity index (χ0) is 22.9. The Hall–Kier alpha value is -0.140. The first-order valence-corrected chi connectivity index (χ1v) is 16.7. The fourth-order valence-electron chi connectivity index (χ4n) is 4.37. The van der Waals surface area contributed by atoms with Crippen LogP contribution in [0, 0.1) is 0 Å². The Morgan fingerprint density at radius 1 is 0.548 bits per heavy atom. The van der Waals surface area contributed by atoms with Crippen molar-refractivity contribution in [1.82, 2.24) is 6.15 Å². The molecule has 0 amide bonds. The van der Waals surface area contributed by atoms with Gasteiger partial charge < -0.3 is 11.3 Å². The van der Waals surface area contributed by atoms with E-state index in [1.807, 2.05) is 0 Å². The Labute approximate surface area is 197 Å². The van der Waals surface area contributed by atoms with Gasteiger partial charge in [0, 0.05) is 6.92 Å². The molecule has 31 heavy (non-hydrogen) atoms. The average Bonchev–Trinajstić information content (AvgIpc) is 2.70. The van der Waals surface area contributed by atoms with Crippen molar-refractivity contribution in [2.75, 3.05) is 25.2 Å². The van der Waals surface area contributed by atoms with E-state index >= 15 is 0 Å². The summed E-state index contributed by atoms with van der Waals surface area (Å²) in [4.78, 5) is 9.00. The number of carbonyl (C=O) groups is 1. The third-order valence-corrected chi connectivity index (χ3v) is 11.1. The molecule has 0 aliphatic heterocycles. The van der Waals surface area contributed by atoms with Crippen LogP contribution in [0.1, 0.15) is 143 Å². The van der Waals surface area contributed by atoms with E-state index in [-0.39, 0.29) is 6.15 Å². The minimum Gasteiger partial charge on any atom is -0.344 e. The Balaban J connectivity index is -0.00000143. The molecule has 0 fully saturated rings. The number of carboxylic acids is 1. The van der Waals surface area contributed by atoms with Crippen molar-refractivity contribution in [2.45, 2.75) is 143 Å². The van der Waals surface area contributed by atoms with Crippen LogP contribution in [-0.4, -0.2) is 36.2 Å². The van der Waals surface area contributed by atoms with Crippen LogP contribution in [0.15, 0.2) is 0 Å². The van der Waals surface area contributed by atoms with Gasteiger partial charge in [-0.1, -0.05) is 0 Å². The first kappa shape index (κ1) is 35.4. The molecule has 0 unspecified atom stereocenters. The van der Waals surface area contributed by atoms with Gasteiger partial charge in [-0.05, 0) is 0 Å². The zero-order valence-electron chi connectivity index (χ0n) is 22.4. The number of hydrogen-bond donors (Lipinski definition) is 2. The third-order valence-electron chi connectivity index (χ3n) is 6.40. The second-order valence-corrected chi connectivity index (χ2v) is 15.0. The summed E-state index contributed by atoms with van der Waals surface area (Å²) in [7, 11) is -0.955. The van der Waals surface area contributed by atoms with Crippen molar-refractivity contribution in [3.8, 4) is 0 Å². The average molecular weight is 464 g/mol. The van der Waals surface area contributed by atoms with Crippen LogP contribution in [-0.2, 0) is 4.79 Å². The predicted molar refractivity (Wildman–Crippen MR) is 147 cm³/mol. The number of carboxylic acid groups (broad SMARTS) is 1. The third kappa shape index (κ3) is 32.1. The summed E-state index contributed by atoms with van der Waals surface area (Å²) in [5, 5.41) is 7.42. The summed E-state index contributed by atoms with van der Waals surface area (Å²) < 4.78 is 0. The van der Waals surface area contributed by atoms with Crippen LogP contribution in [0.4, 0.5) is 0 Å². The molecule has 0 aromatic heterocycles. The van der Waals surface area contributed by atoms with Crippen molar-refractivity contribution >= 4 is 13.2 Å². The van der Waals surface area contributed by atoms with Gasteiger partial charge in [0.2, 0.25) is 0 Å². The van der Waals surface area contributed by atoms with E-state index in [0.717, 1.165) is 6.92 Å². The molecule has 0 atom stereocenters. The van der Waals surface area contributed by atoms with E-state index in [4.69, 9.17) is 9.90 Å². The molecule has 0 heterocycles.